The Morgan fingerprint density at radius 2 is 2.11 bits per heavy atom. The molecule has 1 amide bonds. The van der Waals surface area contributed by atoms with Crippen LogP contribution in [0.1, 0.15) is 6.92 Å². The van der Waals surface area contributed by atoms with E-state index in [0.717, 1.165) is 16.3 Å². The van der Waals surface area contributed by atoms with Crippen LogP contribution in [0, 0.1) is 11.3 Å². The molecule has 0 aliphatic rings. The van der Waals surface area contributed by atoms with E-state index in [1.54, 1.807) is 38.3 Å². The molecule has 0 bridgehead atoms. The largest absolute Gasteiger partial charge is 0.497 e. The standard InChI is InChI=1S/C13H17N3O2/c1-10(8-14)16(2)9-13(17)15-11-4-6-12(18-3)7-5-11/h4-7,10H,9H2,1-3H3,(H,15,17)/p+1/t10-/m1/s1. The lowest BCUT2D eigenvalue weighted by Gasteiger charge is -2.15. The highest BCUT2D eigenvalue weighted by molar-refractivity contribution is 5.91. The molecule has 0 saturated carbocycles. The zero-order valence-electron chi connectivity index (χ0n) is 10.9. The number of ether oxygens (including phenoxy) is 1. The van der Waals surface area contributed by atoms with Crippen molar-refractivity contribution in [1.82, 2.24) is 0 Å². The van der Waals surface area contributed by atoms with Gasteiger partial charge in [0.15, 0.2) is 12.6 Å². The Kier molecular flexibility index (Phi) is 5.15. The first kappa shape index (κ1) is 14.0. The van der Waals surface area contributed by atoms with Gasteiger partial charge in [0, 0.05) is 12.6 Å². The summed E-state index contributed by atoms with van der Waals surface area (Å²) in [5, 5.41) is 11.5. The number of rotatable bonds is 5. The molecule has 96 valence electrons. The molecule has 1 rings (SSSR count). The topological polar surface area (TPSA) is 66.6 Å². The van der Waals surface area contributed by atoms with Gasteiger partial charge in [0.05, 0.1) is 14.2 Å². The van der Waals surface area contributed by atoms with E-state index in [1.165, 1.54) is 0 Å². The van der Waals surface area contributed by atoms with E-state index in [0.29, 0.717) is 0 Å². The molecule has 1 aromatic carbocycles. The molecule has 2 atom stereocenters. The number of anilines is 1. The number of nitriles is 1. The number of carbonyl (C=O) groups excluding carboxylic acids is 1. The number of nitrogens with one attached hydrogen (secondary N) is 2. The van der Waals surface area contributed by atoms with Gasteiger partial charge >= 0.3 is 0 Å². The molecule has 5 nitrogen and oxygen atoms in total. The molecule has 5 heteroatoms. The number of carbonyl (C=O) groups is 1. The molecule has 1 unspecified atom stereocenters. The van der Waals surface area contributed by atoms with Gasteiger partial charge in [-0.25, -0.2) is 0 Å². The minimum absolute atomic E-state index is 0.111. The summed E-state index contributed by atoms with van der Waals surface area (Å²) in [6.45, 7) is 2.05. The third-order valence-corrected chi connectivity index (χ3v) is 2.75. The van der Waals surface area contributed by atoms with Gasteiger partial charge in [-0.1, -0.05) is 0 Å². The van der Waals surface area contributed by atoms with Crippen LogP contribution >= 0.6 is 0 Å². The Labute approximate surface area is 107 Å². The van der Waals surface area contributed by atoms with Gasteiger partial charge in [-0.3, -0.25) is 4.79 Å². The second-order valence-electron chi connectivity index (χ2n) is 4.15. The lowest BCUT2D eigenvalue weighted by atomic mass is 10.3. The molecule has 0 fully saturated rings. The second kappa shape index (κ2) is 6.62. The zero-order valence-corrected chi connectivity index (χ0v) is 10.9. The van der Waals surface area contributed by atoms with Gasteiger partial charge in [-0.05, 0) is 24.3 Å². The quantitative estimate of drug-likeness (QED) is 0.774. The third-order valence-electron chi connectivity index (χ3n) is 2.75. The summed E-state index contributed by atoms with van der Waals surface area (Å²) in [6.07, 6.45) is 0. The van der Waals surface area contributed by atoms with Gasteiger partial charge in [0.1, 0.15) is 11.8 Å². The van der Waals surface area contributed by atoms with Crippen molar-refractivity contribution < 1.29 is 14.4 Å². The zero-order chi connectivity index (χ0) is 13.5. The van der Waals surface area contributed by atoms with Gasteiger partial charge in [-0.2, -0.15) is 5.26 Å². The molecule has 1 aromatic rings. The second-order valence-corrected chi connectivity index (χ2v) is 4.15. The minimum atomic E-state index is -0.202. The lowest BCUT2D eigenvalue weighted by molar-refractivity contribution is -0.886. The minimum Gasteiger partial charge on any atom is -0.497 e. The highest BCUT2D eigenvalue weighted by atomic mass is 16.5. The van der Waals surface area contributed by atoms with Crippen LogP contribution in [0.3, 0.4) is 0 Å². The van der Waals surface area contributed by atoms with Gasteiger partial charge in [0.25, 0.3) is 5.91 Å². The van der Waals surface area contributed by atoms with Crippen LogP contribution in [0.25, 0.3) is 0 Å². The number of nitrogens with zero attached hydrogens (tertiary/aromatic N) is 1. The molecular formula is C13H18N3O2+. The van der Waals surface area contributed by atoms with Crippen molar-refractivity contribution in [3.63, 3.8) is 0 Å². The molecule has 0 spiro atoms. The number of methoxy groups -OCH3 is 1. The summed E-state index contributed by atoms with van der Waals surface area (Å²) in [5.74, 6) is 0.633. The van der Waals surface area contributed by atoms with E-state index >= 15 is 0 Å². The van der Waals surface area contributed by atoms with Crippen molar-refractivity contribution in [1.29, 1.82) is 5.26 Å². The molecule has 2 N–H and O–H groups in total. The Balaban J connectivity index is 2.52. The van der Waals surface area contributed by atoms with Crippen molar-refractivity contribution in [2.75, 3.05) is 26.0 Å². The maximum atomic E-state index is 11.7. The van der Waals surface area contributed by atoms with Crippen LogP contribution in [-0.4, -0.2) is 32.7 Å². The molecular weight excluding hydrogens is 230 g/mol. The number of benzene rings is 1. The Morgan fingerprint density at radius 1 is 1.50 bits per heavy atom. The van der Waals surface area contributed by atoms with E-state index < -0.39 is 0 Å². The number of hydrogen-bond donors (Lipinski definition) is 2. The van der Waals surface area contributed by atoms with Crippen molar-refractivity contribution in [2.24, 2.45) is 0 Å². The number of hydrogen-bond acceptors (Lipinski definition) is 3. The van der Waals surface area contributed by atoms with Gasteiger partial charge < -0.3 is 15.0 Å². The third kappa shape index (κ3) is 4.07. The summed E-state index contributed by atoms with van der Waals surface area (Å²) in [7, 11) is 3.41. The Hall–Kier alpha value is -2.06. The van der Waals surface area contributed by atoms with Crippen LogP contribution in [-0.2, 0) is 4.79 Å². The summed E-state index contributed by atoms with van der Waals surface area (Å²) in [6, 6.07) is 9.03. The predicted octanol–water partition coefficient (Wildman–Crippen LogP) is 0.0605. The van der Waals surface area contributed by atoms with E-state index in [2.05, 4.69) is 11.4 Å². The van der Waals surface area contributed by atoms with Crippen LogP contribution < -0.4 is 15.0 Å². The molecule has 0 radical (unpaired) electrons. The first-order chi connectivity index (χ1) is 8.56. The summed E-state index contributed by atoms with van der Waals surface area (Å²) in [5.41, 5.74) is 0.721. The fourth-order valence-electron chi connectivity index (χ4n) is 1.40. The number of likely N-dealkylation sites (N-methyl/N-ethyl adjacent to an activating group) is 1. The van der Waals surface area contributed by atoms with E-state index in [4.69, 9.17) is 10.00 Å². The smallest absolute Gasteiger partial charge is 0.279 e. The van der Waals surface area contributed by atoms with Crippen molar-refractivity contribution >= 4 is 11.6 Å². The monoisotopic (exact) mass is 248 g/mol. The SMILES string of the molecule is COc1ccc(NC(=O)C[NH+](C)[C@H](C)C#N)cc1. The summed E-state index contributed by atoms with van der Waals surface area (Å²) < 4.78 is 5.03. The van der Waals surface area contributed by atoms with Crippen LogP contribution in [0.2, 0.25) is 0 Å². The summed E-state index contributed by atoms with van der Waals surface area (Å²) >= 11 is 0. The van der Waals surface area contributed by atoms with E-state index in [9.17, 15) is 4.79 Å². The van der Waals surface area contributed by atoms with E-state index in [-0.39, 0.29) is 18.5 Å². The maximum absolute atomic E-state index is 11.7. The van der Waals surface area contributed by atoms with Gasteiger partial charge in [0.2, 0.25) is 0 Å². The number of quaternary nitrogens is 1. The average molecular weight is 248 g/mol. The van der Waals surface area contributed by atoms with Crippen molar-refractivity contribution in [3.05, 3.63) is 24.3 Å². The molecule has 0 saturated heterocycles. The average Bonchev–Trinajstić information content (AvgIpc) is 2.38. The van der Waals surface area contributed by atoms with Crippen LogP contribution in [0.5, 0.6) is 5.75 Å². The maximum Gasteiger partial charge on any atom is 0.279 e. The molecule has 18 heavy (non-hydrogen) atoms. The Bertz CT molecular complexity index is 437. The Morgan fingerprint density at radius 3 is 2.61 bits per heavy atom. The van der Waals surface area contributed by atoms with Crippen molar-refractivity contribution in [3.8, 4) is 11.8 Å². The fourth-order valence-corrected chi connectivity index (χ4v) is 1.40. The van der Waals surface area contributed by atoms with Crippen LogP contribution in [0.4, 0.5) is 5.69 Å². The normalized spacial score (nSPS) is 13.2. The molecule has 0 heterocycles. The first-order valence-corrected chi connectivity index (χ1v) is 5.72. The molecule has 0 aliphatic heterocycles. The molecule has 0 aliphatic carbocycles. The first-order valence-electron chi connectivity index (χ1n) is 5.72. The van der Waals surface area contributed by atoms with Crippen LogP contribution in [0.15, 0.2) is 24.3 Å². The highest BCUT2D eigenvalue weighted by Gasteiger charge is 2.15. The highest BCUT2D eigenvalue weighted by Crippen LogP contribution is 2.14. The summed E-state index contributed by atoms with van der Waals surface area (Å²) in [4.78, 5) is 12.6. The fraction of sp³-hybridized carbons (Fsp3) is 0.385. The van der Waals surface area contributed by atoms with Crippen molar-refractivity contribution in [2.45, 2.75) is 13.0 Å². The van der Waals surface area contributed by atoms with Gasteiger partial charge in [-0.15, -0.1) is 0 Å². The predicted molar refractivity (Wildman–Crippen MR) is 68.5 cm³/mol. The molecule has 0 aromatic heterocycles. The lowest BCUT2D eigenvalue weighted by Crippen LogP contribution is -3.13. The van der Waals surface area contributed by atoms with E-state index in [1.807, 2.05) is 7.05 Å². The number of amides is 1.